The summed E-state index contributed by atoms with van der Waals surface area (Å²) in [5.74, 6) is -0.0504. The number of nitriles is 1. The Labute approximate surface area is 103 Å². The van der Waals surface area contributed by atoms with Crippen molar-refractivity contribution < 1.29 is 0 Å². The molecular formula is C14H18ClN. The fraction of sp³-hybridized carbons (Fsp3) is 0.500. The molecule has 86 valence electrons. The number of hydrogen-bond donors (Lipinski definition) is 0. The molecule has 0 unspecified atom stereocenters. The Bertz CT molecular complexity index is 354. The van der Waals surface area contributed by atoms with E-state index in [0.29, 0.717) is 5.02 Å². The molecule has 0 aliphatic heterocycles. The highest BCUT2D eigenvalue weighted by Crippen LogP contribution is 2.28. The molecule has 0 radical (unpaired) electrons. The van der Waals surface area contributed by atoms with Gasteiger partial charge in [0.1, 0.15) is 0 Å². The van der Waals surface area contributed by atoms with Gasteiger partial charge in [-0.1, -0.05) is 62.4 Å². The molecule has 2 heteroatoms. The third-order valence-electron chi connectivity index (χ3n) is 2.78. The largest absolute Gasteiger partial charge is 0.198 e. The van der Waals surface area contributed by atoms with Crippen molar-refractivity contribution in [2.75, 3.05) is 0 Å². The van der Waals surface area contributed by atoms with E-state index in [1.165, 1.54) is 19.3 Å². The number of halogens is 1. The highest BCUT2D eigenvalue weighted by Gasteiger charge is 2.12. The Balaban J connectivity index is 2.55. The average Bonchev–Trinajstić information content (AvgIpc) is 2.31. The summed E-state index contributed by atoms with van der Waals surface area (Å²) in [4.78, 5) is 0. The van der Waals surface area contributed by atoms with Crippen molar-refractivity contribution in [2.45, 2.75) is 44.9 Å². The minimum Gasteiger partial charge on any atom is -0.198 e. The second-order valence-corrected chi connectivity index (χ2v) is 4.46. The summed E-state index contributed by atoms with van der Waals surface area (Å²) < 4.78 is 0. The lowest BCUT2D eigenvalue weighted by Gasteiger charge is -2.10. The van der Waals surface area contributed by atoms with Gasteiger partial charge in [-0.25, -0.2) is 0 Å². The average molecular weight is 236 g/mol. The molecule has 0 saturated carbocycles. The molecule has 0 N–H and O–H groups in total. The molecule has 0 spiro atoms. The third kappa shape index (κ3) is 3.87. The molecule has 1 aromatic carbocycles. The first-order chi connectivity index (χ1) is 7.79. The highest BCUT2D eigenvalue weighted by molar-refractivity contribution is 6.31. The summed E-state index contributed by atoms with van der Waals surface area (Å²) in [6.07, 6.45) is 5.71. The van der Waals surface area contributed by atoms with Crippen molar-refractivity contribution in [1.82, 2.24) is 0 Å². The van der Waals surface area contributed by atoms with Crippen molar-refractivity contribution in [3.63, 3.8) is 0 Å². The highest BCUT2D eigenvalue weighted by atomic mass is 35.5. The first-order valence-electron chi connectivity index (χ1n) is 5.93. The zero-order chi connectivity index (χ0) is 11.8. The molecule has 0 amide bonds. The molecular weight excluding hydrogens is 218 g/mol. The van der Waals surface area contributed by atoms with Crippen molar-refractivity contribution in [2.24, 2.45) is 0 Å². The van der Waals surface area contributed by atoms with Gasteiger partial charge in [0.25, 0.3) is 0 Å². The quantitative estimate of drug-likeness (QED) is 0.643. The smallest absolute Gasteiger partial charge is 0.0727 e. The van der Waals surface area contributed by atoms with Crippen LogP contribution in [0.4, 0.5) is 0 Å². The van der Waals surface area contributed by atoms with Crippen molar-refractivity contribution in [1.29, 1.82) is 5.26 Å². The van der Waals surface area contributed by atoms with Gasteiger partial charge in [-0.15, -0.1) is 0 Å². The summed E-state index contributed by atoms with van der Waals surface area (Å²) in [5.41, 5.74) is 0.975. The molecule has 0 saturated heterocycles. The maximum Gasteiger partial charge on any atom is 0.0727 e. The molecule has 1 atom stereocenters. The van der Waals surface area contributed by atoms with Crippen LogP contribution in [0, 0.1) is 11.3 Å². The molecule has 0 heterocycles. The SMILES string of the molecule is CCCCCC[C@H](C#N)c1ccccc1Cl. The normalized spacial score (nSPS) is 12.1. The van der Waals surface area contributed by atoms with E-state index in [4.69, 9.17) is 16.9 Å². The number of hydrogen-bond acceptors (Lipinski definition) is 1. The van der Waals surface area contributed by atoms with Gasteiger partial charge in [0.2, 0.25) is 0 Å². The number of benzene rings is 1. The van der Waals surface area contributed by atoms with Crippen LogP contribution in [0.2, 0.25) is 5.02 Å². The van der Waals surface area contributed by atoms with Gasteiger partial charge in [-0.2, -0.15) is 5.26 Å². The van der Waals surface area contributed by atoms with E-state index in [1.54, 1.807) is 0 Å². The lowest BCUT2D eigenvalue weighted by atomic mass is 9.94. The van der Waals surface area contributed by atoms with Crippen LogP contribution in [-0.2, 0) is 0 Å². The van der Waals surface area contributed by atoms with Gasteiger partial charge in [-0.05, 0) is 18.1 Å². The van der Waals surface area contributed by atoms with Crippen molar-refractivity contribution in [3.8, 4) is 6.07 Å². The number of nitrogens with zero attached hydrogens (tertiary/aromatic N) is 1. The summed E-state index contributed by atoms with van der Waals surface area (Å²) in [5, 5.41) is 9.86. The molecule has 0 bridgehead atoms. The van der Waals surface area contributed by atoms with Crippen LogP contribution in [0.3, 0.4) is 0 Å². The second-order valence-electron chi connectivity index (χ2n) is 4.05. The van der Waals surface area contributed by atoms with Gasteiger partial charge in [-0.3, -0.25) is 0 Å². The van der Waals surface area contributed by atoms with Gasteiger partial charge in [0.15, 0.2) is 0 Å². The van der Waals surface area contributed by atoms with E-state index in [-0.39, 0.29) is 5.92 Å². The third-order valence-corrected chi connectivity index (χ3v) is 3.13. The van der Waals surface area contributed by atoms with Crippen LogP contribution in [0.1, 0.15) is 50.5 Å². The summed E-state index contributed by atoms with van der Waals surface area (Å²) in [6, 6.07) is 10.0. The summed E-state index contributed by atoms with van der Waals surface area (Å²) in [6.45, 7) is 2.19. The van der Waals surface area contributed by atoms with Gasteiger partial charge >= 0.3 is 0 Å². The van der Waals surface area contributed by atoms with Crippen LogP contribution >= 0.6 is 11.6 Å². The first-order valence-corrected chi connectivity index (χ1v) is 6.31. The van der Waals surface area contributed by atoms with E-state index in [9.17, 15) is 0 Å². The fourth-order valence-electron chi connectivity index (χ4n) is 1.82. The number of rotatable bonds is 6. The monoisotopic (exact) mass is 235 g/mol. The van der Waals surface area contributed by atoms with E-state index < -0.39 is 0 Å². The lowest BCUT2D eigenvalue weighted by molar-refractivity contribution is 0.608. The topological polar surface area (TPSA) is 23.8 Å². The van der Waals surface area contributed by atoms with Crippen LogP contribution < -0.4 is 0 Å². The number of unbranched alkanes of at least 4 members (excludes halogenated alkanes) is 3. The summed E-state index contributed by atoms with van der Waals surface area (Å²) >= 11 is 6.09. The Morgan fingerprint density at radius 3 is 2.62 bits per heavy atom. The molecule has 0 fully saturated rings. The minimum atomic E-state index is -0.0504. The van der Waals surface area contributed by atoms with E-state index in [1.807, 2.05) is 24.3 Å². The summed E-state index contributed by atoms with van der Waals surface area (Å²) in [7, 11) is 0. The Morgan fingerprint density at radius 2 is 2.00 bits per heavy atom. The second kappa shape index (κ2) is 7.30. The molecule has 0 aliphatic carbocycles. The van der Waals surface area contributed by atoms with Crippen LogP contribution in [0.25, 0.3) is 0 Å². The van der Waals surface area contributed by atoms with Crippen LogP contribution in [0.15, 0.2) is 24.3 Å². The standard InChI is InChI=1S/C14H18ClN/c1-2-3-4-5-8-12(11-16)13-9-6-7-10-14(13)15/h6-7,9-10,12H,2-5,8H2,1H3/t12-/m1/s1. The molecule has 1 nitrogen and oxygen atoms in total. The molecule has 1 rings (SSSR count). The van der Waals surface area contributed by atoms with Gasteiger partial charge in [0.05, 0.1) is 12.0 Å². The first kappa shape index (κ1) is 13.1. The maximum atomic E-state index is 9.15. The van der Waals surface area contributed by atoms with E-state index >= 15 is 0 Å². The van der Waals surface area contributed by atoms with Crippen LogP contribution in [0.5, 0.6) is 0 Å². The predicted molar refractivity (Wildman–Crippen MR) is 68.6 cm³/mol. The Hall–Kier alpha value is -1.00. The van der Waals surface area contributed by atoms with E-state index in [0.717, 1.165) is 18.4 Å². The Kier molecular flexibility index (Phi) is 5.96. The van der Waals surface area contributed by atoms with Crippen molar-refractivity contribution in [3.05, 3.63) is 34.9 Å². The van der Waals surface area contributed by atoms with Gasteiger partial charge < -0.3 is 0 Å². The maximum absolute atomic E-state index is 9.15. The molecule has 0 aliphatic rings. The van der Waals surface area contributed by atoms with Crippen molar-refractivity contribution >= 4 is 11.6 Å². The zero-order valence-electron chi connectivity index (χ0n) is 9.75. The molecule has 0 aromatic heterocycles. The zero-order valence-corrected chi connectivity index (χ0v) is 10.5. The minimum absolute atomic E-state index is 0.0504. The van der Waals surface area contributed by atoms with Gasteiger partial charge in [0, 0.05) is 5.02 Å². The van der Waals surface area contributed by atoms with E-state index in [2.05, 4.69) is 13.0 Å². The van der Waals surface area contributed by atoms with Crippen LogP contribution in [-0.4, -0.2) is 0 Å². The fourth-order valence-corrected chi connectivity index (χ4v) is 2.09. The molecule has 16 heavy (non-hydrogen) atoms. The predicted octanol–water partition coefficient (Wildman–Crippen LogP) is 4.92. The Morgan fingerprint density at radius 1 is 1.25 bits per heavy atom. The lowest BCUT2D eigenvalue weighted by Crippen LogP contribution is -1.96. The molecule has 1 aromatic rings.